The molecular weight excluding hydrogens is 421 g/mol. The van der Waals surface area contributed by atoms with E-state index in [2.05, 4.69) is 54.8 Å². The van der Waals surface area contributed by atoms with Gasteiger partial charge in [-0.15, -0.1) is 24.0 Å². The molecule has 0 saturated heterocycles. The van der Waals surface area contributed by atoms with Crippen molar-refractivity contribution >= 4 is 41.7 Å². The van der Waals surface area contributed by atoms with Crippen LogP contribution in [0.1, 0.15) is 26.3 Å². The quantitative estimate of drug-likeness (QED) is 0.361. The van der Waals surface area contributed by atoms with Crippen molar-refractivity contribution in [2.75, 3.05) is 33.0 Å². The van der Waals surface area contributed by atoms with Crippen molar-refractivity contribution in [2.45, 2.75) is 31.9 Å². The van der Waals surface area contributed by atoms with Crippen LogP contribution in [0.3, 0.4) is 0 Å². The largest absolute Gasteiger partial charge is 0.497 e. The number of thioether (sulfide) groups is 1. The Kier molecular flexibility index (Phi) is 11.5. The van der Waals surface area contributed by atoms with E-state index in [1.54, 1.807) is 7.11 Å². The van der Waals surface area contributed by atoms with Crippen LogP contribution >= 0.6 is 35.7 Å². The summed E-state index contributed by atoms with van der Waals surface area (Å²) in [5, 5.41) is 6.69. The van der Waals surface area contributed by atoms with Crippen molar-refractivity contribution in [3.05, 3.63) is 29.8 Å². The monoisotopic (exact) mass is 451 g/mol. The van der Waals surface area contributed by atoms with Crippen molar-refractivity contribution in [1.29, 1.82) is 0 Å². The van der Waals surface area contributed by atoms with Gasteiger partial charge in [-0.2, -0.15) is 11.8 Å². The maximum absolute atomic E-state index is 5.25. The van der Waals surface area contributed by atoms with Gasteiger partial charge in [0.15, 0.2) is 5.96 Å². The van der Waals surface area contributed by atoms with Crippen LogP contribution in [0.25, 0.3) is 0 Å². The first kappa shape index (κ1) is 22.4. The van der Waals surface area contributed by atoms with E-state index >= 15 is 0 Å². The molecule has 0 aromatic heterocycles. The first-order chi connectivity index (χ1) is 10.5. The summed E-state index contributed by atoms with van der Waals surface area (Å²) in [6.07, 6.45) is 3.06. The van der Waals surface area contributed by atoms with E-state index in [-0.39, 0.29) is 28.7 Å². The van der Waals surface area contributed by atoms with Crippen molar-refractivity contribution < 1.29 is 4.74 Å². The number of nitrogens with one attached hydrogen (secondary N) is 2. The Morgan fingerprint density at radius 2 is 2.04 bits per heavy atom. The SMILES string of the molecule is CCNC(=NCC(C)(C)SC)NCCc1cccc(OC)c1.I. The minimum absolute atomic E-state index is 0. The van der Waals surface area contributed by atoms with E-state index in [9.17, 15) is 0 Å². The van der Waals surface area contributed by atoms with Crippen LogP contribution in [0.4, 0.5) is 0 Å². The number of benzene rings is 1. The van der Waals surface area contributed by atoms with Crippen LogP contribution in [0.5, 0.6) is 5.75 Å². The number of ether oxygens (including phenoxy) is 1. The molecule has 0 saturated carbocycles. The summed E-state index contributed by atoms with van der Waals surface area (Å²) in [6.45, 7) is 9.01. The minimum Gasteiger partial charge on any atom is -0.497 e. The van der Waals surface area contributed by atoms with Gasteiger partial charge in [-0.3, -0.25) is 4.99 Å². The van der Waals surface area contributed by atoms with Gasteiger partial charge in [-0.25, -0.2) is 0 Å². The molecule has 0 aliphatic rings. The normalized spacial score (nSPS) is 11.6. The fourth-order valence-corrected chi connectivity index (χ4v) is 2.02. The van der Waals surface area contributed by atoms with E-state index in [0.29, 0.717) is 0 Å². The number of methoxy groups -OCH3 is 1. The second-order valence-electron chi connectivity index (χ2n) is 5.69. The Labute approximate surface area is 162 Å². The standard InChI is InChI=1S/C17H29N3OS.HI/c1-6-18-16(20-13-17(2,3)22-5)19-11-10-14-8-7-9-15(12-14)21-4;/h7-9,12H,6,10-11,13H2,1-5H3,(H2,18,19,20);1H. The Balaban J connectivity index is 0.00000484. The molecule has 1 aromatic rings. The molecule has 4 nitrogen and oxygen atoms in total. The molecule has 0 unspecified atom stereocenters. The van der Waals surface area contributed by atoms with E-state index < -0.39 is 0 Å². The van der Waals surface area contributed by atoms with Crippen molar-refractivity contribution in [1.82, 2.24) is 10.6 Å². The fourth-order valence-electron chi connectivity index (χ4n) is 1.83. The number of guanidine groups is 1. The number of nitrogens with zero attached hydrogens (tertiary/aromatic N) is 1. The van der Waals surface area contributed by atoms with Crippen LogP contribution in [0.15, 0.2) is 29.3 Å². The summed E-state index contributed by atoms with van der Waals surface area (Å²) >= 11 is 1.84. The summed E-state index contributed by atoms with van der Waals surface area (Å²) in [7, 11) is 1.70. The molecule has 0 heterocycles. The van der Waals surface area contributed by atoms with Crippen LogP contribution < -0.4 is 15.4 Å². The lowest BCUT2D eigenvalue weighted by atomic mass is 10.1. The van der Waals surface area contributed by atoms with E-state index in [1.807, 2.05) is 23.9 Å². The number of aliphatic imine (C=N–C) groups is 1. The maximum atomic E-state index is 5.25. The highest BCUT2D eigenvalue weighted by Crippen LogP contribution is 2.20. The average molecular weight is 451 g/mol. The van der Waals surface area contributed by atoms with Gasteiger partial charge in [0.1, 0.15) is 5.75 Å². The van der Waals surface area contributed by atoms with Crippen molar-refractivity contribution in [2.24, 2.45) is 4.99 Å². The van der Waals surface area contributed by atoms with Crippen molar-refractivity contribution in [3.63, 3.8) is 0 Å². The number of hydrogen-bond donors (Lipinski definition) is 2. The summed E-state index contributed by atoms with van der Waals surface area (Å²) in [5.74, 6) is 1.78. The Bertz CT molecular complexity index is 481. The molecule has 132 valence electrons. The summed E-state index contributed by atoms with van der Waals surface area (Å²) < 4.78 is 5.41. The van der Waals surface area contributed by atoms with Crippen LogP contribution in [-0.4, -0.2) is 43.7 Å². The smallest absolute Gasteiger partial charge is 0.191 e. The molecule has 23 heavy (non-hydrogen) atoms. The first-order valence-corrected chi connectivity index (χ1v) is 8.93. The molecule has 0 fully saturated rings. The molecule has 0 bridgehead atoms. The third-order valence-electron chi connectivity index (χ3n) is 3.36. The third kappa shape index (κ3) is 9.30. The van der Waals surface area contributed by atoms with E-state index in [1.165, 1.54) is 5.56 Å². The molecule has 1 rings (SSSR count). The highest BCUT2D eigenvalue weighted by Gasteiger charge is 2.15. The zero-order valence-corrected chi connectivity index (χ0v) is 18.0. The molecule has 0 aliphatic carbocycles. The summed E-state index contributed by atoms with van der Waals surface area (Å²) in [5.41, 5.74) is 1.26. The van der Waals surface area contributed by atoms with Crippen molar-refractivity contribution in [3.8, 4) is 5.75 Å². The molecule has 0 radical (unpaired) electrons. The van der Waals surface area contributed by atoms with Gasteiger partial charge in [-0.05, 0) is 51.1 Å². The maximum Gasteiger partial charge on any atom is 0.191 e. The van der Waals surface area contributed by atoms with E-state index in [0.717, 1.165) is 37.8 Å². The predicted molar refractivity (Wildman–Crippen MR) is 114 cm³/mol. The number of halogens is 1. The fraction of sp³-hybridized carbons (Fsp3) is 0.588. The Morgan fingerprint density at radius 3 is 2.65 bits per heavy atom. The van der Waals surface area contributed by atoms with Gasteiger partial charge in [-0.1, -0.05) is 12.1 Å². The molecule has 2 N–H and O–H groups in total. The van der Waals surface area contributed by atoms with Gasteiger partial charge < -0.3 is 15.4 Å². The van der Waals surface area contributed by atoms with Gasteiger partial charge in [0.2, 0.25) is 0 Å². The van der Waals surface area contributed by atoms with Crippen LogP contribution in [0.2, 0.25) is 0 Å². The first-order valence-electron chi connectivity index (χ1n) is 7.71. The van der Waals surface area contributed by atoms with Crippen LogP contribution in [0, 0.1) is 0 Å². The summed E-state index contributed by atoms with van der Waals surface area (Å²) in [4.78, 5) is 4.67. The highest BCUT2D eigenvalue weighted by atomic mass is 127. The van der Waals surface area contributed by atoms with Crippen LogP contribution in [-0.2, 0) is 6.42 Å². The number of rotatable bonds is 8. The molecule has 0 aliphatic heterocycles. The van der Waals surface area contributed by atoms with Gasteiger partial charge >= 0.3 is 0 Å². The molecule has 0 atom stereocenters. The second kappa shape index (κ2) is 11.8. The van der Waals surface area contributed by atoms with Gasteiger partial charge in [0, 0.05) is 17.8 Å². The zero-order valence-electron chi connectivity index (χ0n) is 14.8. The van der Waals surface area contributed by atoms with Gasteiger partial charge in [0.05, 0.1) is 13.7 Å². The average Bonchev–Trinajstić information content (AvgIpc) is 2.53. The lowest BCUT2D eigenvalue weighted by Gasteiger charge is -2.20. The minimum atomic E-state index is 0. The molecule has 1 aromatic carbocycles. The lowest BCUT2D eigenvalue weighted by Crippen LogP contribution is -2.39. The number of hydrogen-bond acceptors (Lipinski definition) is 3. The van der Waals surface area contributed by atoms with Gasteiger partial charge in [0.25, 0.3) is 0 Å². The summed E-state index contributed by atoms with van der Waals surface area (Å²) in [6, 6.07) is 8.18. The zero-order chi connectivity index (χ0) is 16.4. The third-order valence-corrected chi connectivity index (χ3v) is 4.59. The highest BCUT2D eigenvalue weighted by molar-refractivity contribution is 14.0. The Hall–Kier alpha value is -0.630. The molecular formula is C17H30IN3OS. The Morgan fingerprint density at radius 1 is 1.30 bits per heavy atom. The topological polar surface area (TPSA) is 45.7 Å². The predicted octanol–water partition coefficient (Wildman–Crippen LogP) is 3.55. The lowest BCUT2D eigenvalue weighted by molar-refractivity contribution is 0.414. The molecule has 0 amide bonds. The molecule has 6 heteroatoms. The second-order valence-corrected chi connectivity index (χ2v) is 7.20. The van der Waals surface area contributed by atoms with E-state index in [4.69, 9.17) is 4.74 Å². The molecule has 0 spiro atoms.